The van der Waals surface area contributed by atoms with E-state index in [4.69, 9.17) is 0 Å². The molecule has 1 rings (SSSR count). The Morgan fingerprint density at radius 1 is 1.10 bits per heavy atom. The normalized spacial score (nSPS) is 8.75. The third-order valence-corrected chi connectivity index (χ3v) is 2.43. The Morgan fingerprint density at radius 3 is 1.90 bits per heavy atom. The van der Waals surface area contributed by atoms with Crippen LogP contribution < -0.4 is 0 Å². The highest BCUT2D eigenvalue weighted by Crippen LogP contribution is 2.06. The Bertz CT molecular complexity index is 356. The molecule has 3 nitrogen and oxygen atoms in total. The average Bonchev–Trinajstić information content (AvgIpc) is 2.48. The first-order chi connectivity index (χ1) is 9.47. The zero-order valence-electron chi connectivity index (χ0n) is 13.6. The Kier molecular flexibility index (Phi) is 14.2. The Hall–Kier alpha value is -1.64. The summed E-state index contributed by atoms with van der Waals surface area (Å²) in [7, 11) is 1.35. The molecule has 0 radical (unpaired) electrons. The molecule has 0 saturated carbocycles. The molecular formula is C17H28O3. The molecule has 0 aliphatic heterocycles. The molecule has 0 atom stereocenters. The number of ketones is 1. The van der Waals surface area contributed by atoms with Crippen LogP contribution in [-0.4, -0.2) is 18.9 Å². The average molecular weight is 280 g/mol. The van der Waals surface area contributed by atoms with E-state index in [1.54, 1.807) is 0 Å². The van der Waals surface area contributed by atoms with Gasteiger partial charge in [0.1, 0.15) is 5.78 Å². The maximum absolute atomic E-state index is 11.3. The smallest absolute Gasteiger partial charge is 0.302 e. The van der Waals surface area contributed by atoms with Gasteiger partial charge in [0.25, 0.3) is 0 Å². The number of methoxy groups -OCH3 is 1. The van der Waals surface area contributed by atoms with Gasteiger partial charge in [-0.3, -0.25) is 9.59 Å². The lowest BCUT2D eigenvalue weighted by Crippen LogP contribution is -2.07. The maximum atomic E-state index is 11.3. The minimum absolute atomic E-state index is 0.170. The monoisotopic (exact) mass is 280 g/mol. The number of Topliss-reactive ketones (excluding diaryl/α,β-unsaturated/α-hetero) is 1. The SMILES string of the molecule is CC.CC(C)C(=O)CCc1ccccc1.COC(C)=O. The lowest BCUT2D eigenvalue weighted by atomic mass is 10.0. The first kappa shape index (κ1) is 20.7. The summed E-state index contributed by atoms with van der Waals surface area (Å²) in [6, 6.07) is 10.1. The second-order valence-electron chi connectivity index (χ2n) is 4.30. The zero-order chi connectivity index (χ0) is 16.0. The van der Waals surface area contributed by atoms with Gasteiger partial charge in [0.05, 0.1) is 7.11 Å². The fourth-order valence-electron chi connectivity index (χ4n) is 1.20. The highest BCUT2D eigenvalue weighted by atomic mass is 16.5. The molecule has 0 N–H and O–H groups in total. The van der Waals surface area contributed by atoms with Gasteiger partial charge >= 0.3 is 5.97 Å². The van der Waals surface area contributed by atoms with Crippen molar-refractivity contribution in [2.45, 2.75) is 47.5 Å². The summed E-state index contributed by atoms with van der Waals surface area (Å²) in [6.07, 6.45) is 1.54. The lowest BCUT2D eigenvalue weighted by Gasteiger charge is -2.03. The van der Waals surface area contributed by atoms with E-state index in [0.29, 0.717) is 12.2 Å². The van der Waals surface area contributed by atoms with Crippen LogP contribution >= 0.6 is 0 Å². The van der Waals surface area contributed by atoms with Crippen LogP contribution in [0.25, 0.3) is 0 Å². The third kappa shape index (κ3) is 12.8. The molecule has 0 heterocycles. The predicted octanol–water partition coefficient (Wildman–Crippen LogP) is 4.05. The summed E-state index contributed by atoms with van der Waals surface area (Å²) < 4.78 is 4.11. The number of hydrogen-bond acceptors (Lipinski definition) is 3. The molecule has 0 saturated heterocycles. The van der Waals surface area contributed by atoms with Crippen molar-refractivity contribution in [1.82, 2.24) is 0 Å². The molecule has 1 aromatic rings. The van der Waals surface area contributed by atoms with Crippen LogP contribution in [-0.2, 0) is 20.7 Å². The number of carbonyl (C=O) groups excluding carboxylic acids is 2. The Balaban J connectivity index is 0. The number of carbonyl (C=O) groups is 2. The summed E-state index contributed by atoms with van der Waals surface area (Å²) in [5.41, 5.74) is 1.25. The molecule has 0 fully saturated rings. The number of ether oxygens (including phenoxy) is 1. The van der Waals surface area contributed by atoms with Gasteiger partial charge in [-0.25, -0.2) is 0 Å². The van der Waals surface area contributed by atoms with Crippen LogP contribution in [0.3, 0.4) is 0 Å². The van der Waals surface area contributed by atoms with Gasteiger partial charge in [-0.1, -0.05) is 58.0 Å². The molecule has 114 valence electrons. The van der Waals surface area contributed by atoms with Crippen molar-refractivity contribution in [2.75, 3.05) is 7.11 Å². The molecule has 1 aromatic carbocycles. The fourth-order valence-corrected chi connectivity index (χ4v) is 1.20. The lowest BCUT2D eigenvalue weighted by molar-refractivity contribution is -0.137. The number of rotatable bonds is 4. The molecule has 0 amide bonds. The van der Waals surface area contributed by atoms with E-state index in [2.05, 4.69) is 16.9 Å². The highest BCUT2D eigenvalue weighted by Gasteiger charge is 2.06. The molecule has 0 aliphatic rings. The second kappa shape index (κ2) is 13.8. The topological polar surface area (TPSA) is 43.4 Å². The largest absolute Gasteiger partial charge is 0.469 e. The summed E-state index contributed by atoms with van der Waals surface area (Å²) in [5, 5.41) is 0. The molecule has 20 heavy (non-hydrogen) atoms. The van der Waals surface area contributed by atoms with E-state index in [0.717, 1.165) is 6.42 Å². The number of aryl methyl sites for hydroxylation is 1. The van der Waals surface area contributed by atoms with Gasteiger partial charge in [-0.05, 0) is 12.0 Å². The van der Waals surface area contributed by atoms with Gasteiger partial charge in [-0.2, -0.15) is 0 Å². The van der Waals surface area contributed by atoms with Gasteiger partial charge < -0.3 is 4.74 Å². The van der Waals surface area contributed by atoms with Crippen molar-refractivity contribution in [3.8, 4) is 0 Å². The molecule has 0 aliphatic carbocycles. The van der Waals surface area contributed by atoms with Gasteiger partial charge in [0.15, 0.2) is 0 Å². The van der Waals surface area contributed by atoms with Crippen molar-refractivity contribution < 1.29 is 14.3 Å². The number of benzene rings is 1. The molecule has 0 aromatic heterocycles. The van der Waals surface area contributed by atoms with Crippen molar-refractivity contribution >= 4 is 11.8 Å². The van der Waals surface area contributed by atoms with E-state index in [-0.39, 0.29) is 11.9 Å². The molecular weight excluding hydrogens is 252 g/mol. The van der Waals surface area contributed by atoms with Crippen LogP contribution in [0.1, 0.15) is 46.6 Å². The van der Waals surface area contributed by atoms with Crippen molar-refractivity contribution in [3.63, 3.8) is 0 Å². The minimum Gasteiger partial charge on any atom is -0.469 e. The van der Waals surface area contributed by atoms with Crippen molar-refractivity contribution in [1.29, 1.82) is 0 Å². The predicted molar refractivity (Wildman–Crippen MR) is 83.6 cm³/mol. The van der Waals surface area contributed by atoms with Crippen LogP contribution in [0.5, 0.6) is 0 Å². The van der Waals surface area contributed by atoms with E-state index < -0.39 is 0 Å². The zero-order valence-corrected chi connectivity index (χ0v) is 13.6. The quantitative estimate of drug-likeness (QED) is 0.781. The first-order valence-electron chi connectivity index (χ1n) is 7.08. The maximum Gasteiger partial charge on any atom is 0.302 e. The minimum atomic E-state index is -0.245. The Morgan fingerprint density at radius 2 is 1.55 bits per heavy atom. The standard InChI is InChI=1S/C12H16O.C3H6O2.C2H6/c1-10(2)12(13)9-8-11-6-4-3-5-7-11;1-3(4)5-2;1-2/h3-7,10H,8-9H2,1-2H3;1-2H3;1-2H3. The number of esters is 1. The molecule has 0 bridgehead atoms. The summed E-state index contributed by atoms with van der Waals surface area (Å²) in [6.45, 7) is 9.26. The number of hydrogen-bond donors (Lipinski definition) is 0. The van der Waals surface area contributed by atoms with Crippen LogP contribution in [0.2, 0.25) is 0 Å². The van der Waals surface area contributed by atoms with Gasteiger partial charge in [0.2, 0.25) is 0 Å². The van der Waals surface area contributed by atoms with Crippen LogP contribution in [0.4, 0.5) is 0 Å². The second-order valence-corrected chi connectivity index (χ2v) is 4.30. The van der Waals surface area contributed by atoms with Gasteiger partial charge in [-0.15, -0.1) is 0 Å². The van der Waals surface area contributed by atoms with Crippen molar-refractivity contribution in [2.24, 2.45) is 5.92 Å². The molecule has 0 unspecified atom stereocenters. The van der Waals surface area contributed by atoms with E-state index >= 15 is 0 Å². The summed E-state index contributed by atoms with van der Waals surface area (Å²) in [5.74, 6) is 0.276. The van der Waals surface area contributed by atoms with E-state index in [1.165, 1.54) is 19.6 Å². The van der Waals surface area contributed by atoms with Gasteiger partial charge in [0, 0.05) is 19.3 Å². The molecule has 0 spiro atoms. The Labute approximate surface area is 123 Å². The first-order valence-corrected chi connectivity index (χ1v) is 7.08. The summed E-state index contributed by atoms with van der Waals surface area (Å²) >= 11 is 0. The van der Waals surface area contributed by atoms with E-state index in [1.807, 2.05) is 45.9 Å². The van der Waals surface area contributed by atoms with E-state index in [9.17, 15) is 9.59 Å². The molecule has 3 heteroatoms. The van der Waals surface area contributed by atoms with Crippen LogP contribution in [0, 0.1) is 5.92 Å². The fraction of sp³-hybridized carbons (Fsp3) is 0.529. The highest BCUT2D eigenvalue weighted by molar-refractivity contribution is 5.80. The van der Waals surface area contributed by atoms with Crippen molar-refractivity contribution in [3.05, 3.63) is 35.9 Å². The van der Waals surface area contributed by atoms with Crippen LogP contribution in [0.15, 0.2) is 30.3 Å². The third-order valence-electron chi connectivity index (χ3n) is 2.43. The summed E-state index contributed by atoms with van der Waals surface area (Å²) in [4.78, 5) is 20.9.